The van der Waals surface area contributed by atoms with Crippen LogP contribution in [0.15, 0.2) is 30.3 Å². The van der Waals surface area contributed by atoms with Crippen LogP contribution in [0, 0.1) is 6.92 Å². The molecule has 2 rings (SSSR count). The minimum Gasteiger partial charge on any atom is -0.496 e. The Hall–Kier alpha value is -2.14. The van der Waals surface area contributed by atoms with Gasteiger partial charge >= 0.3 is 0 Å². The van der Waals surface area contributed by atoms with Crippen molar-refractivity contribution in [2.24, 2.45) is 0 Å². The van der Waals surface area contributed by atoms with Gasteiger partial charge in [0.1, 0.15) is 5.75 Å². The van der Waals surface area contributed by atoms with Gasteiger partial charge in [0.2, 0.25) is 0 Å². The number of benzene rings is 1. The summed E-state index contributed by atoms with van der Waals surface area (Å²) in [6, 6.07) is 8.40. The van der Waals surface area contributed by atoms with E-state index in [1.165, 1.54) is 12.1 Å². The van der Waals surface area contributed by atoms with E-state index in [2.05, 4.69) is 15.5 Å². The van der Waals surface area contributed by atoms with Crippen molar-refractivity contribution in [2.45, 2.75) is 6.92 Å². The van der Waals surface area contributed by atoms with Crippen molar-refractivity contribution in [1.29, 1.82) is 0 Å². The highest BCUT2D eigenvalue weighted by Crippen LogP contribution is 2.21. The Labute approximate surface area is 115 Å². The molecule has 0 unspecified atom stereocenters. The first-order valence-corrected chi connectivity index (χ1v) is 5.93. The Balaban J connectivity index is 2.14. The van der Waals surface area contributed by atoms with E-state index in [9.17, 15) is 4.79 Å². The van der Waals surface area contributed by atoms with Crippen molar-refractivity contribution in [3.05, 3.63) is 46.7 Å². The molecule has 2 aromatic rings. The molecule has 1 aromatic carbocycles. The van der Waals surface area contributed by atoms with Crippen molar-refractivity contribution in [1.82, 2.24) is 10.2 Å². The summed E-state index contributed by atoms with van der Waals surface area (Å²) in [5.74, 6) is 0.429. The van der Waals surface area contributed by atoms with Gasteiger partial charge in [-0.15, -0.1) is 10.2 Å². The SMILES string of the molecule is COc1ccc(NC(=O)c2ccc(Cl)nn2)cc1C. The van der Waals surface area contributed by atoms with Crippen molar-refractivity contribution in [3.8, 4) is 5.75 Å². The monoisotopic (exact) mass is 277 g/mol. The molecule has 19 heavy (non-hydrogen) atoms. The molecule has 1 amide bonds. The van der Waals surface area contributed by atoms with E-state index < -0.39 is 0 Å². The number of amides is 1. The first-order valence-electron chi connectivity index (χ1n) is 5.55. The molecule has 1 heterocycles. The highest BCUT2D eigenvalue weighted by molar-refractivity contribution is 6.29. The number of hydrogen-bond acceptors (Lipinski definition) is 4. The molecule has 0 spiro atoms. The maximum absolute atomic E-state index is 11.9. The lowest BCUT2D eigenvalue weighted by atomic mass is 10.2. The molecule has 0 fully saturated rings. The molecule has 98 valence electrons. The van der Waals surface area contributed by atoms with Gasteiger partial charge in [0.25, 0.3) is 5.91 Å². The number of nitrogens with one attached hydrogen (secondary N) is 1. The van der Waals surface area contributed by atoms with Gasteiger partial charge in [-0.3, -0.25) is 4.79 Å². The van der Waals surface area contributed by atoms with Crippen LogP contribution in [0.1, 0.15) is 16.1 Å². The zero-order valence-electron chi connectivity index (χ0n) is 10.5. The molecule has 0 saturated heterocycles. The number of hydrogen-bond donors (Lipinski definition) is 1. The molecular formula is C13H12ClN3O2. The van der Waals surface area contributed by atoms with Crippen molar-refractivity contribution >= 4 is 23.2 Å². The summed E-state index contributed by atoms with van der Waals surface area (Å²) in [5.41, 5.74) is 1.81. The summed E-state index contributed by atoms with van der Waals surface area (Å²) in [5, 5.41) is 10.3. The third-order valence-corrected chi connectivity index (χ3v) is 2.72. The van der Waals surface area contributed by atoms with Gasteiger partial charge < -0.3 is 10.1 Å². The van der Waals surface area contributed by atoms with Gasteiger partial charge in [0.15, 0.2) is 10.8 Å². The molecular weight excluding hydrogens is 266 g/mol. The summed E-state index contributed by atoms with van der Waals surface area (Å²) in [6.45, 7) is 1.90. The van der Waals surface area contributed by atoms with Crippen LogP contribution in [0.5, 0.6) is 5.75 Å². The number of carbonyl (C=O) groups excluding carboxylic acids is 1. The van der Waals surface area contributed by atoms with E-state index in [-0.39, 0.29) is 16.8 Å². The van der Waals surface area contributed by atoms with Crippen LogP contribution in [-0.2, 0) is 0 Å². The van der Waals surface area contributed by atoms with Crippen LogP contribution < -0.4 is 10.1 Å². The second-order valence-corrected chi connectivity index (χ2v) is 4.27. The molecule has 0 atom stereocenters. The summed E-state index contributed by atoms with van der Waals surface area (Å²) < 4.78 is 5.15. The maximum Gasteiger partial charge on any atom is 0.276 e. The quantitative estimate of drug-likeness (QED) is 0.937. The molecule has 1 aromatic heterocycles. The summed E-state index contributed by atoms with van der Waals surface area (Å²) in [6.07, 6.45) is 0. The number of rotatable bonds is 3. The zero-order chi connectivity index (χ0) is 13.8. The minimum atomic E-state index is -0.339. The van der Waals surface area contributed by atoms with E-state index >= 15 is 0 Å². The standard InChI is InChI=1S/C13H12ClN3O2/c1-8-7-9(3-5-11(8)19-2)15-13(18)10-4-6-12(14)17-16-10/h3-7H,1-2H3,(H,15,18). The van der Waals surface area contributed by atoms with Crippen molar-refractivity contribution < 1.29 is 9.53 Å². The number of aryl methyl sites for hydroxylation is 1. The molecule has 0 bridgehead atoms. The van der Waals surface area contributed by atoms with Crippen LogP contribution >= 0.6 is 11.6 Å². The normalized spacial score (nSPS) is 10.1. The first kappa shape index (κ1) is 13.3. The fourth-order valence-electron chi connectivity index (χ4n) is 1.59. The molecule has 0 saturated carbocycles. The number of anilines is 1. The maximum atomic E-state index is 11.9. The van der Waals surface area contributed by atoms with Crippen LogP contribution in [0.4, 0.5) is 5.69 Å². The van der Waals surface area contributed by atoms with E-state index in [0.717, 1.165) is 11.3 Å². The van der Waals surface area contributed by atoms with E-state index in [1.807, 2.05) is 13.0 Å². The van der Waals surface area contributed by atoms with Gasteiger partial charge in [-0.25, -0.2) is 0 Å². The Morgan fingerprint density at radius 1 is 1.26 bits per heavy atom. The zero-order valence-corrected chi connectivity index (χ0v) is 11.2. The van der Waals surface area contributed by atoms with Crippen LogP contribution in [-0.4, -0.2) is 23.2 Å². The third kappa shape index (κ3) is 3.20. The number of nitrogens with zero attached hydrogens (tertiary/aromatic N) is 2. The van der Waals surface area contributed by atoms with Crippen molar-refractivity contribution in [3.63, 3.8) is 0 Å². The molecule has 0 aliphatic rings. The molecule has 6 heteroatoms. The van der Waals surface area contributed by atoms with E-state index in [1.54, 1.807) is 19.2 Å². The lowest BCUT2D eigenvalue weighted by molar-refractivity contribution is 0.102. The summed E-state index contributed by atoms with van der Waals surface area (Å²) in [4.78, 5) is 11.9. The molecule has 1 N–H and O–H groups in total. The fourth-order valence-corrected chi connectivity index (χ4v) is 1.69. The van der Waals surface area contributed by atoms with E-state index in [0.29, 0.717) is 5.69 Å². The van der Waals surface area contributed by atoms with Crippen LogP contribution in [0.25, 0.3) is 0 Å². The Kier molecular flexibility index (Phi) is 3.97. The predicted octanol–water partition coefficient (Wildman–Crippen LogP) is 2.70. The predicted molar refractivity (Wildman–Crippen MR) is 72.7 cm³/mol. The largest absolute Gasteiger partial charge is 0.496 e. The van der Waals surface area contributed by atoms with E-state index in [4.69, 9.17) is 16.3 Å². The number of halogens is 1. The molecule has 5 nitrogen and oxygen atoms in total. The average molecular weight is 278 g/mol. The lowest BCUT2D eigenvalue weighted by Crippen LogP contribution is -2.14. The average Bonchev–Trinajstić information content (AvgIpc) is 2.39. The third-order valence-electron chi connectivity index (χ3n) is 2.52. The highest BCUT2D eigenvalue weighted by atomic mass is 35.5. The van der Waals surface area contributed by atoms with Crippen LogP contribution in [0.3, 0.4) is 0 Å². The van der Waals surface area contributed by atoms with Gasteiger partial charge in [-0.05, 0) is 42.8 Å². The Morgan fingerprint density at radius 3 is 2.63 bits per heavy atom. The summed E-state index contributed by atoms with van der Waals surface area (Å²) >= 11 is 5.61. The number of ether oxygens (including phenoxy) is 1. The molecule has 0 radical (unpaired) electrons. The van der Waals surface area contributed by atoms with Gasteiger partial charge in [0.05, 0.1) is 7.11 Å². The topological polar surface area (TPSA) is 64.1 Å². The molecule has 0 aliphatic carbocycles. The fraction of sp³-hybridized carbons (Fsp3) is 0.154. The van der Waals surface area contributed by atoms with Crippen molar-refractivity contribution in [2.75, 3.05) is 12.4 Å². The lowest BCUT2D eigenvalue weighted by Gasteiger charge is -2.08. The second kappa shape index (κ2) is 5.67. The van der Waals surface area contributed by atoms with Gasteiger partial charge in [-0.2, -0.15) is 0 Å². The Morgan fingerprint density at radius 2 is 2.05 bits per heavy atom. The second-order valence-electron chi connectivity index (χ2n) is 3.88. The van der Waals surface area contributed by atoms with Gasteiger partial charge in [0, 0.05) is 5.69 Å². The first-order chi connectivity index (χ1) is 9.10. The smallest absolute Gasteiger partial charge is 0.276 e. The number of aromatic nitrogens is 2. The Bertz CT molecular complexity index is 599. The van der Waals surface area contributed by atoms with Gasteiger partial charge in [-0.1, -0.05) is 11.6 Å². The number of methoxy groups -OCH3 is 1. The highest BCUT2D eigenvalue weighted by Gasteiger charge is 2.09. The minimum absolute atomic E-state index is 0.206. The van der Waals surface area contributed by atoms with Crippen LogP contribution in [0.2, 0.25) is 5.15 Å². The molecule has 0 aliphatic heterocycles. The number of carbonyl (C=O) groups is 1. The summed E-state index contributed by atoms with van der Waals surface area (Å²) in [7, 11) is 1.60.